The largest absolute Gasteiger partial charge is 0.444 e. The fourth-order valence-electron chi connectivity index (χ4n) is 5.01. The maximum atomic E-state index is 13.2. The molecule has 1 aromatic heterocycles. The Bertz CT molecular complexity index is 951. The van der Waals surface area contributed by atoms with Gasteiger partial charge in [0.15, 0.2) is 0 Å². The van der Waals surface area contributed by atoms with Gasteiger partial charge in [0.2, 0.25) is 5.91 Å². The van der Waals surface area contributed by atoms with Crippen LogP contribution in [0.25, 0.3) is 10.9 Å². The maximum Gasteiger partial charge on any atom is 0.410 e. The van der Waals surface area contributed by atoms with Gasteiger partial charge in [-0.2, -0.15) is 0 Å². The number of para-hydroxylation sites is 1. The highest BCUT2D eigenvalue weighted by Crippen LogP contribution is 2.33. The Balaban J connectivity index is 1.30. The Kier molecular flexibility index (Phi) is 6.00. The summed E-state index contributed by atoms with van der Waals surface area (Å²) in [5.74, 6) is 0.841. The Hall–Kier alpha value is -2.50. The Morgan fingerprint density at radius 3 is 2.58 bits per heavy atom. The number of amides is 2. The Labute approximate surface area is 184 Å². The van der Waals surface area contributed by atoms with E-state index in [9.17, 15) is 9.59 Å². The van der Waals surface area contributed by atoms with Gasteiger partial charge in [0.05, 0.1) is 0 Å². The second-order valence-electron chi connectivity index (χ2n) is 10.2. The number of aromatic nitrogens is 1. The van der Waals surface area contributed by atoms with Gasteiger partial charge in [0, 0.05) is 61.2 Å². The average molecular weight is 426 g/mol. The van der Waals surface area contributed by atoms with Crippen LogP contribution in [0.4, 0.5) is 4.79 Å². The van der Waals surface area contributed by atoms with Crippen LogP contribution in [-0.2, 0) is 22.5 Å². The van der Waals surface area contributed by atoms with Crippen molar-refractivity contribution >= 4 is 22.9 Å². The minimum Gasteiger partial charge on any atom is -0.444 e. The van der Waals surface area contributed by atoms with E-state index in [0.717, 1.165) is 44.2 Å². The number of fused-ring (bicyclic) bond motifs is 3. The third-order valence-electron chi connectivity index (χ3n) is 6.63. The lowest BCUT2D eigenvalue weighted by molar-refractivity contribution is -0.137. The SMILES string of the molecule is CN(C[C@H]1CC[C@H](C(=O)N2CCc3[nH]c4ccccc4c3C2)CC1)C(=O)OC(C)(C)C. The molecular weight excluding hydrogens is 390 g/mol. The zero-order valence-corrected chi connectivity index (χ0v) is 19.2. The summed E-state index contributed by atoms with van der Waals surface area (Å²) in [4.78, 5) is 32.7. The Morgan fingerprint density at radius 2 is 1.87 bits per heavy atom. The topological polar surface area (TPSA) is 65.6 Å². The van der Waals surface area contributed by atoms with Gasteiger partial charge >= 0.3 is 6.09 Å². The molecular formula is C25H35N3O3. The predicted molar refractivity (Wildman–Crippen MR) is 122 cm³/mol. The smallest absolute Gasteiger partial charge is 0.410 e. The molecule has 1 aliphatic carbocycles. The molecule has 1 N–H and O–H groups in total. The Morgan fingerprint density at radius 1 is 1.16 bits per heavy atom. The van der Waals surface area contributed by atoms with Gasteiger partial charge in [-0.3, -0.25) is 4.79 Å². The molecule has 0 radical (unpaired) electrons. The van der Waals surface area contributed by atoms with Crippen LogP contribution in [0.2, 0.25) is 0 Å². The summed E-state index contributed by atoms with van der Waals surface area (Å²) in [7, 11) is 1.80. The van der Waals surface area contributed by atoms with E-state index < -0.39 is 5.60 Å². The minimum absolute atomic E-state index is 0.106. The number of ether oxygens (including phenoxy) is 1. The number of nitrogens with one attached hydrogen (secondary N) is 1. The molecule has 2 aliphatic rings. The number of carbonyl (C=O) groups excluding carboxylic acids is 2. The van der Waals surface area contributed by atoms with Crippen LogP contribution in [0.1, 0.15) is 57.7 Å². The van der Waals surface area contributed by atoms with E-state index in [2.05, 4.69) is 28.1 Å². The van der Waals surface area contributed by atoms with Crippen molar-refractivity contribution in [1.29, 1.82) is 0 Å². The minimum atomic E-state index is -0.478. The third kappa shape index (κ3) is 4.89. The molecule has 1 saturated carbocycles. The maximum absolute atomic E-state index is 13.2. The fourth-order valence-corrected chi connectivity index (χ4v) is 5.01. The van der Waals surface area contributed by atoms with Crippen LogP contribution >= 0.6 is 0 Å². The van der Waals surface area contributed by atoms with Gasteiger partial charge in [0.25, 0.3) is 0 Å². The summed E-state index contributed by atoms with van der Waals surface area (Å²) >= 11 is 0. The molecule has 2 amide bonds. The molecule has 2 aromatic rings. The molecule has 1 aromatic carbocycles. The summed E-state index contributed by atoms with van der Waals surface area (Å²) < 4.78 is 5.46. The van der Waals surface area contributed by atoms with Gasteiger partial charge in [0.1, 0.15) is 5.60 Å². The number of benzene rings is 1. The number of carbonyl (C=O) groups is 2. The van der Waals surface area contributed by atoms with Crippen LogP contribution < -0.4 is 0 Å². The molecule has 1 fully saturated rings. The van der Waals surface area contributed by atoms with E-state index in [1.807, 2.05) is 26.8 Å². The second kappa shape index (κ2) is 8.56. The third-order valence-corrected chi connectivity index (χ3v) is 6.63. The molecule has 31 heavy (non-hydrogen) atoms. The van der Waals surface area contributed by atoms with Gasteiger partial charge in [-0.05, 0) is 58.4 Å². The zero-order chi connectivity index (χ0) is 22.2. The molecule has 6 heteroatoms. The monoisotopic (exact) mass is 425 g/mol. The molecule has 0 atom stereocenters. The van der Waals surface area contributed by atoms with Gasteiger partial charge in [-0.1, -0.05) is 18.2 Å². The summed E-state index contributed by atoms with van der Waals surface area (Å²) in [6, 6.07) is 8.36. The van der Waals surface area contributed by atoms with E-state index in [4.69, 9.17) is 4.74 Å². The van der Waals surface area contributed by atoms with Crippen molar-refractivity contribution in [1.82, 2.24) is 14.8 Å². The highest BCUT2D eigenvalue weighted by Gasteiger charge is 2.33. The molecule has 1 aliphatic heterocycles. The van der Waals surface area contributed by atoms with Crippen molar-refractivity contribution in [2.45, 2.75) is 65.0 Å². The van der Waals surface area contributed by atoms with E-state index in [-0.39, 0.29) is 12.0 Å². The number of nitrogens with zero attached hydrogens (tertiary/aromatic N) is 2. The van der Waals surface area contributed by atoms with E-state index in [0.29, 0.717) is 24.9 Å². The number of H-pyrrole nitrogens is 1. The normalized spacial score (nSPS) is 21.6. The lowest BCUT2D eigenvalue weighted by Crippen LogP contribution is -2.42. The van der Waals surface area contributed by atoms with Crippen LogP contribution in [-0.4, -0.2) is 52.5 Å². The summed E-state index contributed by atoms with van der Waals surface area (Å²) in [6.45, 7) is 7.85. The molecule has 0 saturated heterocycles. The van der Waals surface area contributed by atoms with Gasteiger partial charge in [-0.25, -0.2) is 4.79 Å². The van der Waals surface area contributed by atoms with Crippen LogP contribution in [0, 0.1) is 11.8 Å². The summed E-state index contributed by atoms with van der Waals surface area (Å²) in [5, 5.41) is 1.24. The van der Waals surface area contributed by atoms with Gasteiger partial charge < -0.3 is 19.5 Å². The number of hydrogen-bond acceptors (Lipinski definition) is 3. The first kappa shape index (κ1) is 21.7. The van der Waals surface area contributed by atoms with Crippen molar-refractivity contribution in [3.05, 3.63) is 35.5 Å². The van der Waals surface area contributed by atoms with Crippen molar-refractivity contribution in [2.75, 3.05) is 20.1 Å². The lowest BCUT2D eigenvalue weighted by atomic mass is 9.81. The van der Waals surface area contributed by atoms with Crippen molar-refractivity contribution in [3.63, 3.8) is 0 Å². The number of hydrogen-bond donors (Lipinski definition) is 1. The standard InChI is InChI=1S/C25H35N3O3/c1-25(2,3)31-24(30)27(4)15-17-9-11-18(12-10-17)23(29)28-14-13-22-20(16-28)19-7-5-6-8-21(19)26-22/h5-8,17-18,26H,9-16H2,1-4H3/t17-,18-. The first-order valence-electron chi connectivity index (χ1n) is 11.5. The number of rotatable bonds is 3. The van der Waals surface area contributed by atoms with Crippen LogP contribution in [0.5, 0.6) is 0 Å². The molecule has 168 valence electrons. The fraction of sp³-hybridized carbons (Fsp3) is 0.600. The molecule has 0 bridgehead atoms. The van der Waals surface area contributed by atoms with Crippen LogP contribution in [0.3, 0.4) is 0 Å². The summed E-state index contributed by atoms with van der Waals surface area (Å²) in [6.07, 6.45) is 4.40. The highest BCUT2D eigenvalue weighted by atomic mass is 16.6. The molecule has 0 spiro atoms. The zero-order valence-electron chi connectivity index (χ0n) is 19.2. The quantitative estimate of drug-likeness (QED) is 0.773. The van der Waals surface area contributed by atoms with Crippen LogP contribution in [0.15, 0.2) is 24.3 Å². The molecule has 4 rings (SSSR count). The average Bonchev–Trinajstić information content (AvgIpc) is 3.10. The second-order valence-corrected chi connectivity index (χ2v) is 10.2. The van der Waals surface area contributed by atoms with Crippen molar-refractivity contribution < 1.29 is 14.3 Å². The van der Waals surface area contributed by atoms with Gasteiger partial charge in [-0.15, -0.1) is 0 Å². The lowest BCUT2D eigenvalue weighted by Gasteiger charge is -2.35. The molecule has 2 heterocycles. The van der Waals surface area contributed by atoms with Crippen molar-refractivity contribution in [3.8, 4) is 0 Å². The molecule has 0 unspecified atom stereocenters. The van der Waals surface area contributed by atoms with E-state index >= 15 is 0 Å². The number of aromatic amines is 1. The van der Waals surface area contributed by atoms with Crippen molar-refractivity contribution in [2.24, 2.45) is 11.8 Å². The first-order valence-corrected chi connectivity index (χ1v) is 11.5. The predicted octanol–water partition coefficient (Wildman–Crippen LogP) is 4.73. The molecule has 6 nitrogen and oxygen atoms in total. The van der Waals surface area contributed by atoms with E-state index in [1.54, 1.807) is 11.9 Å². The highest BCUT2D eigenvalue weighted by molar-refractivity contribution is 5.86. The van der Waals surface area contributed by atoms with E-state index in [1.165, 1.54) is 16.6 Å². The first-order chi connectivity index (χ1) is 14.7. The summed E-state index contributed by atoms with van der Waals surface area (Å²) in [5.41, 5.74) is 3.24.